The molecule has 0 unspecified atom stereocenters. The van der Waals surface area contributed by atoms with Gasteiger partial charge in [0.15, 0.2) is 5.58 Å². The number of benzene rings is 7. The average molecular weight is 548 g/mol. The first-order chi connectivity index (χ1) is 21.3. The van der Waals surface area contributed by atoms with E-state index in [0.29, 0.717) is 0 Å². The molecule has 9 aromatic rings. The number of furan rings is 1. The molecule has 200 valence electrons. The standard InChI is InChI=1S/C41H25NO/c1-2-8-29-23-31(18-15-26(29)7-1)34-22-21-32-24-30(19-20-33(32)25-34)27-13-16-28(17-14-27)40-41-39(35-9-3-5-11-37(35)42-40)36-10-4-6-12-38(36)43-41/h1-25H. The maximum Gasteiger partial charge on any atom is 0.162 e. The summed E-state index contributed by atoms with van der Waals surface area (Å²) in [5.74, 6) is 0. The van der Waals surface area contributed by atoms with Gasteiger partial charge in [0.25, 0.3) is 0 Å². The first-order valence-corrected chi connectivity index (χ1v) is 14.6. The summed E-state index contributed by atoms with van der Waals surface area (Å²) in [6.45, 7) is 0. The van der Waals surface area contributed by atoms with Crippen LogP contribution in [0, 0.1) is 0 Å². The molecule has 2 heteroatoms. The topological polar surface area (TPSA) is 26.0 Å². The Morgan fingerprint density at radius 1 is 0.395 bits per heavy atom. The SMILES string of the molecule is c1ccc2cc(-c3ccc4cc(-c5ccc(-c6nc7ccccc7c7c6oc6ccccc67)cc5)ccc4c3)ccc2c1. The minimum Gasteiger partial charge on any atom is -0.454 e. The molecule has 0 radical (unpaired) electrons. The summed E-state index contributed by atoms with van der Waals surface area (Å²) in [6.07, 6.45) is 0. The fraction of sp³-hybridized carbons (Fsp3) is 0. The summed E-state index contributed by atoms with van der Waals surface area (Å²) < 4.78 is 6.41. The summed E-state index contributed by atoms with van der Waals surface area (Å²) in [5.41, 5.74) is 9.43. The van der Waals surface area contributed by atoms with Gasteiger partial charge in [-0.1, -0.05) is 121 Å². The van der Waals surface area contributed by atoms with Crippen LogP contribution in [0.1, 0.15) is 0 Å². The molecule has 0 amide bonds. The summed E-state index contributed by atoms with van der Waals surface area (Å²) in [5, 5.41) is 8.35. The number of hydrogen-bond donors (Lipinski definition) is 0. The van der Waals surface area contributed by atoms with Crippen LogP contribution in [0.2, 0.25) is 0 Å². The summed E-state index contributed by atoms with van der Waals surface area (Å²) in [7, 11) is 0. The van der Waals surface area contributed by atoms with Gasteiger partial charge in [-0.25, -0.2) is 4.98 Å². The second-order valence-electron chi connectivity index (χ2n) is 11.2. The number of hydrogen-bond acceptors (Lipinski definition) is 2. The van der Waals surface area contributed by atoms with Crippen molar-refractivity contribution in [3.8, 4) is 33.5 Å². The predicted molar refractivity (Wildman–Crippen MR) is 180 cm³/mol. The van der Waals surface area contributed by atoms with Gasteiger partial charge in [0, 0.05) is 21.7 Å². The van der Waals surface area contributed by atoms with Crippen LogP contribution in [-0.2, 0) is 0 Å². The molecule has 0 saturated heterocycles. The van der Waals surface area contributed by atoms with Gasteiger partial charge in [0.1, 0.15) is 11.3 Å². The maximum absolute atomic E-state index is 6.41. The van der Waals surface area contributed by atoms with Crippen molar-refractivity contribution in [1.82, 2.24) is 4.98 Å². The van der Waals surface area contributed by atoms with Crippen LogP contribution in [0.5, 0.6) is 0 Å². The van der Waals surface area contributed by atoms with Crippen LogP contribution >= 0.6 is 0 Å². The minimum absolute atomic E-state index is 0.834. The predicted octanol–water partition coefficient (Wildman–Crippen LogP) is 11.4. The third-order valence-electron chi connectivity index (χ3n) is 8.63. The van der Waals surface area contributed by atoms with E-state index >= 15 is 0 Å². The molecule has 7 aromatic carbocycles. The van der Waals surface area contributed by atoms with E-state index in [1.807, 2.05) is 18.2 Å². The number of fused-ring (bicyclic) bond motifs is 7. The highest BCUT2D eigenvalue weighted by atomic mass is 16.3. The zero-order valence-corrected chi connectivity index (χ0v) is 23.3. The highest BCUT2D eigenvalue weighted by Gasteiger charge is 2.17. The molecule has 2 nitrogen and oxygen atoms in total. The second kappa shape index (κ2) is 9.40. The zero-order chi connectivity index (χ0) is 28.3. The molecular formula is C41H25NO. The summed E-state index contributed by atoms with van der Waals surface area (Å²) >= 11 is 0. The van der Waals surface area contributed by atoms with Crippen molar-refractivity contribution in [2.24, 2.45) is 0 Å². The summed E-state index contributed by atoms with van der Waals surface area (Å²) in [6, 6.07) is 53.9. The smallest absolute Gasteiger partial charge is 0.162 e. The number of aromatic nitrogens is 1. The lowest BCUT2D eigenvalue weighted by Gasteiger charge is -2.09. The Labute approximate surface area is 248 Å². The molecule has 0 bridgehead atoms. The van der Waals surface area contributed by atoms with Crippen LogP contribution in [0.4, 0.5) is 0 Å². The van der Waals surface area contributed by atoms with Gasteiger partial charge in [-0.15, -0.1) is 0 Å². The van der Waals surface area contributed by atoms with E-state index < -0.39 is 0 Å². The van der Waals surface area contributed by atoms with E-state index in [4.69, 9.17) is 9.40 Å². The van der Waals surface area contributed by atoms with Gasteiger partial charge in [0.2, 0.25) is 0 Å². The van der Waals surface area contributed by atoms with Gasteiger partial charge < -0.3 is 4.42 Å². The summed E-state index contributed by atoms with van der Waals surface area (Å²) in [4.78, 5) is 5.07. The molecule has 9 rings (SSSR count). The van der Waals surface area contributed by atoms with Crippen molar-refractivity contribution >= 4 is 54.4 Å². The van der Waals surface area contributed by atoms with Gasteiger partial charge >= 0.3 is 0 Å². The lowest BCUT2D eigenvalue weighted by molar-refractivity contribution is 0.669. The third kappa shape index (κ3) is 3.92. The normalized spacial score (nSPS) is 11.7. The number of rotatable bonds is 3. The Balaban J connectivity index is 1.09. The number of para-hydroxylation sites is 2. The molecule has 0 N–H and O–H groups in total. The zero-order valence-electron chi connectivity index (χ0n) is 23.3. The van der Waals surface area contributed by atoms with Gasteiger partial charge in [-0.05, 0) is 74.1 Å². The molecule has 43 heavy (non-hydrogen) atoms. The molecule has 0 atom stereocenters. The van der Waals surface area contributed by atoms with E-state index in [1.54, 1.807) is 0 Å². The number of pyridine rings is 1. The van der Waals surface area contributed by atoms with Crippen molar-refractivity contribution < 1.29 is 4.42 Å². The van der Waals surface area contributed by atoms with Crippen molar-refractivity contribution in [3.05, 3.63) is 152 Å². The first kappa shape index (κ1) is 23.9. The van der Waals surface area contributed by atoms with E-state index in [-0.39, 0.29) is 0 Å². The van der Waals surface area contributed by atoms with Crippen LogP contribution in [0.15, 0.2) is 156 Å². The van der Waals surface area contributed by atoms with Crippen LogP contribution < -0.4 is 0 Å². The highest BCUT2D eigenvalue weighted by Crippen LogP contribution is 2.39. The van der Waals surface area contributed by atoms with E-state index in [9.17, 15) is 0 Å². The second-order valence-corrected chi connectivity index (χ2v) is 11.2. The Kier molecular flexibility index (Phi) is 5.23. The molecule has 0 spiro atoms. The molecule has 0 aliphatic carbocycles. The first-order valence-electron chi connectivity index (χ1n) is 14.6. The highest BCUT2D eigenvalue weighted by molar-refractivity contribution is 6.20. The largest absolute Gasteiger partial charge is 0.454 e. The van der Waals surface area contributed by atoms with Crippen molar-refractivity contribution in [3.63, 3.8) is 0 Å². The van der Waals surface area contributed by atoms with Gasteiger partial charge in [-0.2, -0.15) is 0 Å². The minimum atomic E-state index is 0.834. The molecule has 0 fully saturated rings. The fourth-order valence-electron chi connectivity index (χ4n) is 6.42. The lowest BCUT2D eigenvalue weighted by Crippen LogP contribution is -1.88. The average Bonchev–Trinajstić information content (AvgIpc) is 3.47. The Morgan fingerprint density at radius 3 is 1.65 bits per heavy atom. The Morgan fingerprint density at radius 2 is 0.907 bits per heavy atom. The van der Waals surface area contributed by atoms with Crippen molar-refractivity contribution in [1.29, 1.82) is 0 Å². The van der Waals surface area contributed by atoms with E-state index in [1.165, 1.54) is 43.8 Å². The van der Waals surface area contributed by atoms with Gasteiger partial charge in [0.05, 0.1) is 5.52 Å². The molecule has 2 heterocycles. The van der Waals surface area contributed by atoms with E-state index in [0.717, 1.165) is 44.1 Å². The monoisotopic (exact) mass is 547 g/mol. The van der Waals surface area contributed by atoms with Crippen LogP contribution in [-0.4, -0.2) is 4.98 Å². The van der Waals surface area contributed by atoms with E-state index in [2.05, 4.69) is 133 Å². The van der Waals surface area contributed by atoms with Crippen LogP contribution in [0.3, 0.4) is 0 Å². The molecule has 0 aliphatic rings. The third-order valence-corrected chi connectivity index (χ3v) is 8.63. The van der Waals surface area contributed by atoms with Gasteiger partial charge in [-0.3, -0.25) is 0 Å². The molecule has 2 aromatic heterocycles. The quantitative estimate of drug-likeness (QED) is 0.220. The molecular weight excluding hydrogens is 522 g/mol. The maximum atomic E-state index is 6.41. The number of nitrogens with zero attached hydrogens (tertiary/aromatic N) is 1. The van der Waals surface area contributed by atoms with Crippen LogP contribution in [0.25, 0.3) is 87.9 Å². The lowest BCUT2D eigenvalue weighted by atomic mass is 9.96. The van der Waals surface area contributed by atoms with Crippen molar-refractivity contribution in [2.75, 3.05) is 0 Å². The Bertz CT molecular complexity index is 2500. The Hall–Kier alpha value is -5.73. The van der Waals surface area contributed by atoms with Crippen molar-refractivity contribution in [2.45, 2.75) is 0 Å². The fourth-order valence-corrected chi connectivity index (χ4v) is 6.42. The molecule has 0 saturated carbocycles. The molecule has 0 aliphatic heterocycles.